The number of aromatic nitrogens is 1. The van der Waals surface area contributed by atoms with Crippen LogP contribution >= 0.6 is 0 Å². The molecule has 1 aromatic heterocycles. The van der Waals surface area contributed by atoms with Crippen LogP contribution in [0, 0.1) is 0 Å². The second kappa shape index (κ2) is 8.19. The number of dihydropyridines is 2. The van der Waals surface area contributed by atoms with E-state index in [1.807, 2.05) is 30.5 Å². The molecule has 1 aromatic rings. The van der Waals surface area contributed by atoms with Gasteiger partial charge in [-0.25, -0.2) is 9.98 Å². The Hall–Kier alpha value is -3.13. The van der Waals surface area contributed by atoms with E-state index in [0.29, 0.717) is 17.3 Å². The zero-order chi connectivity index (χ0) is 21.4. The largest absolute Gasteiger partial charge is 0.368 e. The van der Waals surface area contributed by atoms with E-state index in [2.05, 4.69) is 30.1 Å². The zero-order valence-corrected chi connectivity index (χ0v) is 17.6. The van der Waals surface area contributed by atoms with Gasteiger partial charge in [-0.15, -0.1) is 0 Å². The van der Waals surface area contributed by atoms with Crippen LogP contribution in [-0.2, 0) is 4.79 Å². The first-order valence-corrected chi connectivity index (χ1v) is 10.8. The van der Waals surface area contributed by atoms with Gasteiger partial charge in [0.1, 0.15) is 11.7 Å². The molecule has 31 heavy (non-hydrogen) atoms. The number of fused-ring (bicyclic) bond motifs is 1. The van der Waals surface area contributed by atoms with E-state index in [9.17, 15) is 9.59 Å². The number of nitrogens with one attached hydrogen (secondary N) is 1. The fourth-order valence-electron chi connectivity index (χ4n) is 4.01. The number of carbonyl (C=O) groups is 2. The Kier molecular flexibility index (Phi) is 5.23. The van der Waals surface area contributed by atoms with Crippen LogP contribution in [0.1, 0.15) is 30.3 Å². The lowest BCUT2D eigenvalue weighted by Gasteiger charge is -2.36. The van der Waals surface area contributed by atoms with Crippen LogP contribution in [0.4, 0.5) is 5.69 Å². The molecular formula is C23H26N6O2. The van der Waals surface area contributed by atoms with Crippen molar-refractivity contribution in [1.29, 1.82) is 0 Å². The Morgan fingerprint density at radius 2 is 2.00 bits per heavy atom. The number of hydrogen-bond donors (Lipinski definition) is 1. The first kappa shape index (κ1) is 19.8. The van der Waals surface area contributed by atoms with Gasteiger partial charge in [-0.3, -0.25) is 19.5 Å². The molecule has 1 aliphatic carbocycles. The maximum Gasteiger partial charge on any atom is 0.272 e. The van der Waals surface area contributed by atoms with Crippen LogP contribution in [0.2, 0.25) is 0 Å². The summed E-state index contributed by atoms with van der Waals surface area (Å²) >= 11 is 0. The van der Waals surface area contributed by atoms with Gasteiger partial charge in [0, 0.05) is 50.6 Å². The van der Waals surface area contributed by atoms with Gasteiger partial charge < -0.3 is 10.2 Å². The lowest BCUT2D eigenvalue weighted by atomic mass is 10.00. The molecule has 8 heteroatoms. The van der Waals surface area contributed by atoms with Crippen molar-refractivity contribution < 1.29 is 9.59 Å². The number of nitrogens with zero attached hydrogens (tertiary/aromatic N) is 5. The minimum atomic E-state index is -0.169. The topological polar surface area (TPSA) is 90.3 Å². The fraction of sp³-hybridized carbons (Fsp3) is 0.435. The molecule has 0 radical (unpaired) electrons. The van der Waals surface area contributed by atoms with Gasteiger partial charge >= 0.3 is 0 Å². The molecule has 1 atom stereocenters. The summed E-state index contributed by atoms with van der Waals surface area (Å²) < 4.78 is 0. The van der Waals surface area contributed by atoms with Crippen molar-refractivity contribution in [2.75, 3.05) is 37.6 Å². The van der Waals surface area contributed by atoms with Crippen LogP contribution in [0.25, 0.3) is 0 Å². The summed E-state index contributed by atoms with van der Waals surface area (Å²) in [7, 11) is 0. The first-order chi connectivity index (χ1) is 15.0. The highest BCUT2D eigenvalue weighted by Crippen LogP contribution is 2.21. The maximum absolute atomic E-state index is 12.1. The number of piperazine rings is 1. The highest BCUT2D eigenvalue weighted by molar-refractivity contribution is 6.16. The monoisotopic (exact) mass is 418 g/mol. The molecule has 1 N–H and O–H groups in total. The van der Waals surface area contributed by atoms with Crippen molar-refractivity contribution in [2.24, 2.45) is 9.98 Å². The minimum absolute atomic E-state index is 0.0848. The molecule has 0 spiro atoms. The van der Waals surface area contributed by atoms with Gasteiger partial charge in [0.25, 0.3) is 11.8 Å². The molecule has 0 aromatic carbocycles. The quantitative estimate of drug-likeness (QED) is 0.781. The Balaban J connectivity index is 1.14. The van der Waals surface area contributed by atoms with E-state index in [1.54, 1.807) is 13.1 Å². The molecule has 5 rings (SSSR count). The Morgan fingerprint density at radius 1 is 1.19 bits per heavy atom. The third kappa shape index (κ3) is 4.49. The van der Waals surface area contributed by atoms with E-state index >= 15 is 0 Å². The van der Waals surface area contributed by atoms with Crippen LogP contribution in [0.5, 0.6) is 0 Å². The van der Waals surface area contributed by atoms with Gasteiger partial charge in [0.05, 0.1) is 17.6 Å². The van der Waals surface area contributed by atoms with Crippen LogP contribution < -0.4 is 10.2 Å². The molecule has 4 aliphatic rings. The SMILES string of the molecule is CC1=CC2N=CC(CN3CCN(c4ccc(C(=O)NC5CC5)nc4)CC3)=CC2=NC1=O. The summed E-state index contributed by atoms with van der Waals surface area (Å²) in [6.45, 7) is 6.20. The smallest absolute Gasteiger partial charge is 0.272 e. The Bertz CT molecular complexity index is 1010. The van der Waals surface area contributed by atoms with Crippen LogP contribution in [0.15, 0.2) is 51.6 Å². The van der Waals surface area contributed by atoms with Crippen molar-refractivity contribution in [1.82, 2.24) is 15.2 Å². The molecule has 3 aliphatic heterocycles. The first-order valence-electron chi connectivity index (χ1n) is 10.8. The molecule has 8 nitrogen and oxygen atoms in total. The summed E-state index contributed by atoms with van der Waals surface area (Å²) in [4.78, 5) is 41.7. The van der Waals surface area contributed by atoms with Gasteiger partial charge in [0.15, 0.2) is 0 Å². The van der Waals surface area contributed by atoms with Crippen LogP contribution in [0.3, 0.4) is 0 Å². The molecule has 1 saturated heterocycles. The van der Waals surface area contributed by atoms with E-state index in [4.69, 9.17) is 0 Å². The third-order valence-electron chi connectivity index (χ3n) is 6.05. The molecule has 1 unspecified atom stereocenters. The average molecular weight is 419 g/mol. The van der Waals surface area contributed by atoms with Gasteiger partial charge in [-0.05, 0) is 49.6 Å². The van der Waals surface area contributed by atoms with E-state index in [1.165, 1.54) is 0 Å². The lowest BCUT2D eigenvalue weighted by molar-refractivity contribution is -0.114. The second-order valence-corrected chi connectivity index (χ2v) is 8.55. The Morgan fingerprint density at radius 3 is 2.71 bits per heavy atom. The van der Waals surface area contributed by atoms with E-state index < -0.39 is 0 Å². The predicted molar refractivity (Wildman–Crippen MR) is 120 cm³/mol. The number of carbonyl (C=O) groups excluding carboxylic acids is 2. The van der Waals surface area contributed by atoms with Crippen LogP contribution in [-0.4, -0.2) is 78.4 Å². The normalized spacial score (nSPS) is 23.6. The van der Waals surface area contributed by atoms with Crippen molar-refractivity contribution in [3.63, 3.8) is 0 Å². The van der Waals surface area contributed by atoms with Gasteiger partial charge in [-0.1, -0.05) is 0 Å². The number of aliphatic imine (C=N–C) groups is 2. The molecular weight excluding hydrogens is 392 g/mol. The van der Waals surface area contributed by atoms with Crippen molar-refractivity contribution in [2.45, 2.75) is 31.8 Å². The highest BCUT2D eigenvalue weighted by atomic mass is 16.2. The molecule has 0 bridgehead atoms. The number of anilines is 1. The summed E-state index contributed by atoms with van der Waals surface area (Å²) in [5.41, 5.74) is 4.00. The summed E-state index contributed by atoms with van der Waals surface area (Å²) in [5, 5.41) is 2.97. The lowest BCUT2D eigenvalue weighted by Crippen LogP contribution is -2.47. The fourth-order valence-corrected chi connectivity index (χ4v) is 4.01. The average Bonchev–Trinajstić information content (AvgIpc) is 3.59. The third-order valence-corrected chi connectivity index (χ3v) is 6.05. The van der Waals surface area contributed by atoms with Gasteiger partial charge in [-0.2, -0.15) is 0 Å². The van der Waals surface area contributed by atoms with Gasteiger partial charge in [0.2, 0.25) is 0 Å². The zero-order valence-electron chi connectivity index (χ0n) is 17.6. The number of rotatable bonds is 5. The summed E-state index contributed by atoms with van der Waals surface area (Å²) in [6.07, 6.45) is 9.72. The van der Waals surface area contributed by atoms with Crippen molar-refractivity contribution >= 4 is 29.4 Å². The summed E-state index contributed by atoms with van der Waals surface area (Å²) in [5.74, 6) is -0.254. The maximum atomic E-state index is 12.1. The van der Waals surface area contributed by atoms with Crippen molar-refractivity contribution in [3.05, 3.63) is 47.3 Å². The molecule has 160 valence electrons. The number of pyridine rings is 1. The Labute approximate surface area is 181 Å². The standard InChI is InChI=1S/C23H26N6O2/c1-15-10-20-21(27-22(15)30)11-16(12-24-20)14-28-6-8-29(9-7-28)18-4-5-19(25-13-18)23(31)26-17-2-3-17/h4-5,10-13,17,20H,2-3,6-9,14H2,1H3,(H,26,31). The number of amides is 2. The van der Waals surface area contributed by atoms with E-state index in [-0.39, 0.29) is 17.9 Å². The highest BCUT2D eigenvalue weighted by Gasteiger charge is 2.25. The van der Waals surface area contributed by atoms with Crippen molar-refractivity contribution in [3.8, 4) is 0 Å². The second-order valence-electron chi connectivity index (χ2n) is 8.55. The molecule has 1 saturated carbocycles. The molecule has 4 heterocycles. The number of hydrogen-bond acceptors (Lipinski definition) is 6. The molecule has 2 amide bonds. The predicted octanol–water partition coefficient (Wildman–Crippen LogP) is 1.40. The minimum Gasteiger partial charge on any atom is -0.368 e. The molecule has 2 fully saturated rings. The van der Waals surface area contributed by atoms with E-state index in [0.717, 1.165) is 62.5 Å². The summed E-state index contributed by atoms with van der Waals surface area (Å²) in [6, 6.07) is 4.00.